The van der Waals surface area contributed by atoms with Gasteiger partial charge in [0.25, 0.3) is 5.09 Å². The molecule has 1 aliphatic carbocycles. The summed E-state index contributed by atoms with van der Waals surface area (Å²) in [6, 6.07) is -2.43. The molecule has 1 aliphatic heterocycles. The Balaban J connectivity index is 2.23. The number of nitrogens with one attached hydrogen (secondary N) is 1. The maximum Gasteiger partial charge on any atom is 0.328 e. The van der Waals surface area contributed by atoms with Crippen LogP contribution in [0.3, 0.4) is 0 Å². The average molecular weight is 586 g/mol. The lowest BCUT2D eigenvalue weighted by Crippen LogP contribution is -2.55. The van der Waals surface area contributed by atoms with Gasteiger partial charge in [-0.25, -0.2) is 4.79 Å². The molecule has 11 nitrogen and oxygen atoms in total. The van der Waals surface area contributed by atoms with Gasteiger partial charge in [0.2, 0.25) is 5.91 Å². The molecule has 42 heavy (non-hydrogen) atoms. The van der Waals surface area contributed by atoms with Crippen molar-refractivity contribution in [3.63, 3.8) is 0 Å². The first-order valence-electron chi connectivity index (χ1n) is 14.4. The lowest BCUT2D eigenvalue weighted by atomic mass is 10.0. The molecular formula is C31H43N3O8. The zero-order valence-corrected chi connectivity index (χ0v) is 24.8. The predicted molar refractivity (Wildman–Crippen MR) is 159 cm³/mol. The molecule has 0 spiro atoms. The number of hydrogen-bond donors (Lipinski definition) is 1. The molecule has 0 aromatic rings. The van der Waals surface area contributed by atoms with Crippen molar-refractivity contribution in [1.82, 2.24) is 10.2 Å². The Kier molecular flexibility index (Phi) is 15.0. The van der Waals surface area contributed by atoms with Gasteiger partial charge >= 0.3 is 11.9 Å². The van der Waals surface area contributed by atoms with Gasteiger partial charge in [0.05, 0.1) is 25.9 Å². The highest BCUT2D eigenvalue weighted by atomic mass is 16.9. The third-order valence-corrected chi connectivity index (χ3v) is 6.96. The Hall–Kier alpha value is -3.99. The monoisotopic (exact) mass is 585 g/mol. The molecule has 0 aromatic heterocycles. The van der Waals surface area contributed by atoms with Crippen molar-refractivity contribution in [3.05, 3.63) is 82.0 Å². The van der Waals surface area contributed by atoms with Crippen LogP contribution >= 0.6 is 0 Å². The Labute approximate surface area is 247 Å². The van der Waals surface area contributed by atoms with Crippen LogP contribution in [0.1, 0.15) is 59.3 Å². The molecular weight excluding hydrogens is 542 g/mol. The molecule has 0 fully saturated rings. The van der Waals surface area contributed by atoms with Crippen LogP contribution in [-0.2, 0) is 28.7 Å². The summed E-state index contributed by atoms with van der Waals surface area (Å²) in [6.07, 6.45) is 18.0. The Morgan fingerprint density at radius 1 is 1.26 bits per heavy atom. The summed E-state index contributed by atoms with van der Waals surface area (Å²) in [5, 5.41) is 12.6. The summed E-state index contributed by atoms with van der Waals surface area (Å²) in [4.78, 5) is 56.2. The van der Waals surface area contributed by atoms with Crippen LogP contribution in [0.15, 0.2) is 71.9 Å². The Morgan fingerprint density at radius 2 is 2.05 bits per heavy atom. The minimum absolute atomic E-state index is 0.0773. The topological polar surface area (TPSA) is 137 Å². The summed E-state index contributed by atoms with van der Waals surface area (Å²) in [7, 11) is 0. The smallest absolute Gasteiger partial charge is 0.328 e. The highest BCUT2D eigenvalue weighted by Crippen LogP contribution is 2.28. The van der Waals surface area contributed by atoms with Crippen molar-refractivity contribution in [2.24, 2.45) is 0 Å². The summed E-state index contributed by atoms with van der Waals surface area (Å²) in [5.74, 6) is -1.39. The second-order valence-corrected chi connectivity index (χ2v) is 9.92. The standard InChI is InChI=1S/C31H43N3O8/c1-5-8-13-24(6-2)16-18-27(30(36)40-7-3)32-23(4)29(35)33-22-26-15-11-9-10-14-25(26)17-19-28(33)31(37)41-20-12-21-42-34(38)39/h5-6,8-11,13,15,23,27-28,32H,2,7,12,14,16-22H2,1,3-4H3/b8-5-,24-13+. The average Bonchev–Trinajstić information content (AvgIpc) is 3.30. The summed E-state index contributed by atoms with van der Waals surface area (Å²) < 4.78 is 10.7. The molecule has 1 N–H and O–H groups in total. The van der Waals surface area contributed by atoms with E-state index in [-0.39, 0.29) is 38.7 Å². The number of hydrogen-bond acceptors (Lipinski definition) is 9. The van der Waals surface area contributed by atoms with Crippen LogP contribution in [-0.4, -0.2) is 72.3 Å². The van der Waals surface area contributed by atoms with Crippen molar-refractivity contribution < 1.29 is 33.8 Å². The van der Waals surface area contributed by atoms with Crippen LogP contribution in [0.4, 0.5) is 0 Å². The summed E-state index contributed by atoms with van der Waals surface area (Å²) in [6.45, 7) is 9.27. The first-order valence-corrected chi connectivity index (χ1v) is 14.4. The fourth-order valence-electron chi connectivity index (χ4n) is 4.76. The van der Waals surface area contributed by atoms with Gasteiger partial charge in [0.15, 0.2) is 0 Å². The third-order valence-electron chi connectivity index (χ3n) is 6.96. The molecule has 230 valence electrons. The van der Waals surface area contributed by atoms with E-state index in [0.717, 1.165) is 23.1 Å². The molecule has 3 unspecified atom stereocenters. The van der Waals surface area contributed by atoms with Gasteiger partial charge < -0.3 is 19.2 Å². The van der Waals surface area contributed by atoms with Crippen LogP contribution < -0.4 is 5.32 Å². The van der Waals surface area contributed by atoms with Crippen molar-refractivity contribution >= 4 is 17.8 Å². The Morgan fingerprint density at radius 3 is 2.74 bits per heavy atom. The van der Waals surface area contributed by atoms with Gasteiger partial charge in [-0.2, -0.15) is 0 Å². The maximum absolute atomic E-state index is 13.9. The van der Waals surface area contributed by atoms with E-state index in [1.807, 2.05) is 49.5 Å². The zero-order chi connectivity index (χ0) is 30.9. The van der Waals surface area contributed by atoms with E-state index in [1.54, 1.807) is 19.9 Å². The largest absolute Gasteiger partial charge is 0.465 e. The van der Waals surface area contributed by atoms with E-state index in [1.165, 1.54) is 4.90 Å². The highest BCUT2D eigenvalue weighted by Gasteiger charge is 2.37. The predicted octanol–water partition coefficient (Wildman–Crippen LogP) is 4.31. The van der Waals surface area contributed by atoms with Crippen LogP contribution in [0.5, 0.6) is 0 Å². The molecule has 2 rings (SSSR count). The fourth-order valence-corrected chi connectivity index (χ4v) is 4.76. The number of amides is 1. The van der Waals surface area contributed by atoms with Crippen LogP contribution in [0.25, 0.3) is 0 Å². The molecule has 1 amide bonds. The molecule has 0 aromatic carbocycles. The maximum atomic E-state index is 13.9. The number of allylic oxidation sites excluding steroid dienone is 9. The second-order valence-electron chi connectivity index (χ2n) is 9.92. The van der Waals surface area contributed by atoms with Crippen molar-refractivity contribution in [1.29, 1.82) is 0 Å². The molecule has 0 radical (unpaired) electrons. The van der Waals surface area contributed by atoms with E-state index < -0.39 is 35.2 Å². The zero-order valence-electron chi connectivity index (χ0n) is 24.8. The van der Waals surface area contributed by atoms with E-state index in [9.17, 15) is 24.5 Å². The van der Waals surface area contributed by atoms with Crippen molar-refractivity contribution in [3.8, 4) is 0 Å². The van der Waals surface area contributed by atoms with E-state index in [0.29, 0.717) is 25.7 Å². The van der Waals surface area contributed by atoms with Gasteiger partial charge in [-0.15, -0.1) is 10.1 Å². The first-order chi connectivity index (χ1) is 20.2. The highest BCUT2D eigenvalue weighted by molar-refractivity contribution is 5.88. The van der Waals surface area contributed by atoms with Gasteiger partial charge in [0.1, 0.15) is 12.1 Å². The second kappa shape index (κ2) is 18.4. The van der Waals surface area contributed by atoms with Crippen molar-refractivity contribution in [2.75, 3.05) is 26.4 Å². The number of carbonyl (C=O) groups excluding carboxylic acids is 3. The molecule has 1 heterocycles. The van der Waals surface area contributed by atoms with E-state index >= 15 is 0 Å². The van der Waals surface area contributed by atoms with Crippen LogP contribution in [0, 0.1) is 10.1 Å². The number of carbonyl (C=O) groups is 3. The minimum atomic E-state index is -0.900. The van der Waals surface area contributed by atoms with Crippen LogP contribution in [0.2, 0.25) is 0 Å². The van der Waals surface area contributed by atoms with Crippen molar-refractivity contribution in [2.45, 2.75) is 77.4 Å². The third kappa shape index (κ3) is 11.1. The summed E-state index contributed by atoms with van der Waals surface area (Å²) >= 11 is 0. The molecule has 0 saturated carbocycles. The molecule has 0 bridgehead atoms. The first kappa shape index (κ1) is 34.2. The lowest BCUT2D eigenvalue weighted by Gasteiger charge is -2.32. The molecule has 3 atom stereocenters. The van der Waals surface area contributed by atoms with E-state index in [2.05, 4.69) is 16.7 Å². The number of ether oxygens (including phenoxy) is 2. The number of nitrogens with zero attached hydrogens (tertiary/aromatic N) is 2. The molecule has 11 heteroatoms. The quantitative estimate of drug-likeness (QED) is 0.0923. The summed E-state index contributed by atoms with van der Waals surface area (Å²) in [5.41, 5.74) is 3.04. The SMILES string of the molecule is C=C/C(=C\C=C/C)CCC(NC(C)C(=O)N1CC2=C(CC=CC=C2)CCC1C(=O)OCCCO[N+](=O)[O-])C(=O)OCC. The fraction of sp³-hybridized carbons (Fsp3) is 0.516. The Bertz CT molecular complexity index is 1120. The molecule has 0 saturated heterocycles. The van der Waals surface area contributed by atoms with Gasteiger partial charge in [-0.05, 0) is 64.0 Å². The van der Waals surface area contributed by atoms with Gasteiger partial charge in [-0.1, -0.05) is 60.8 Å². The number of esters is 2. The van der Waals surface area contributed by atoms with Gasteiger partial charge in [0, 0.05) is 13.0 Å². The number of rotatable bonds is 16. The lowest BCUT2D eigenvalue weighted by molar-refractivity contribution is -0.757. The normalized spacial score (nSPS) is 18.5. The molecule has 2 aliphatic rings. The van der Waals surface area contributed by atoms with Gasteiger partial charge in [-0.3, -0.25) is 14.9 Å². The van der Waals surface area contributed by atoms with E-state index in [4.69, 9.17) is 9.47 Å². The minimum Gasteiger partial charge on any atom is -0.465 e.